The second-order valence-electron chi connectivity index (χ2n) is 3.87. The van der Waals surface area contributed by atoms with Gasteiger partial charge in [-0.25, -0.2) is 0 Å². The smallest absolute Gasteiger partial charge is 0.321 e. The molecule has 0 radical (unpaired) electrons. The van der Waals surface area contributed by atoms with Gasteiger partial charge < -0.3 is 14.9 Å². The second kappa shape index (κ2) is 5.70. The van der Waals surface area contributed by atoms with Crippen molar-refractivity contribution in [2.24, 2.45) is 0 Å². The van der Waals surface area contributed by atoms with Gasteiger partial charge in [0.05, 0.1) is 0 Å². The Hall–Kier alpha value is -1.10. The monoisotopic (exact) mass is 213 g/mol. The summed E-state index contributed by atoms with van der Waals surface area (Å²) >= 11 is 0. The van der Waals surface area contributed by atoms with Crippen LogP contribution in [0.5, 0.6) is 0 Å². The van der Waals surface area contributed by atoms with E-state index >= 15 is 0 Å². The Morgan fingerprint density at radius 3 is 2.67 bits per heavy atom. The Morgan fingerprint density at radius 2 is 2.20 bits per heavy atom. The summed E-state index contributed by atoms with van der Waals surface area (Å²) in [6.07, 6.45) is 1.61. The summed E-state index contributed by atoms with van der Waals surface area (Å²) in [7, 11) is 0. The molecule has 1 unspecified atom stereocenters. The van der Waals surface area contributed by atoms with Crippen molar-refractivity contribution < 1.29 is 9.63 Å². The van der Waals surface area contributed by atoms with E-state index in [0.29, 0.717) is 18.3 Å². The topological polar surface area (TPSA) is 71.2 Å². The first kappa shape index (κ1) is 12.0. The SMILES string of the molecule is CCC(CCO)Nc1nc(C(C)C)no1. The maximum atomic E-state index is 8.83. The third-order valence-corrected chi connectivity index (χ3v) is 2.26. The van der Waals surface area contributed by atoms with Gasteiger partial charge in [-0.15, -0.1) is 0 Å². The zero-order valence-corrected chi connectivity index (χ0v) is 9.53. The highest BCUT2D eigenvalue weighted by Crippen LogP contribution is 2.14. The first-order valence-electron chi connectivity index (χ1n) is 5.38. The fourth-order valence-electron chi connectivity index (χ4n) is 1.24. The van der Waals surface area contributed by atoms with Crippen LogP contribution >= 0.6 is 0 Å². The van der Waals surface area contributed by atoms with Crippen LogP contribution in [0.15, 0.2) is 4.52 Å². The molecule has 5 nitrogen and oxygen atoms in total. The van der Waals surface area contributed by atoms with E-state index in [0.717, 1.165) is 6.42 Å². The van der Waals surface area contributed by atoms with Crippen LogP contribution in [0.3, 0.4) is 0 Å². The first-order valence-corrected chi connectivity index (χ1v) is 5.38. The van der Waals surface area contributed by atoms with E-state index in [2.05, 4.69) is 15.5 Å². The van der Waals surface area contributed by atoms with Crippen molar-refractivity contribution in [1.82, 2.24) is 10.1 Å². The molecule has 0 fully saturated rings. The lowest BCUT2D eigenvalue weighted by Gasteiger charge is -2.12. The normalized spacial score (nSPS) is 13.1. The van der Waals surface area contributed by atoms with Gasteiger partial charge in [0.1, 0.15) is 0 Å². The minimum absolute atomic E-state index is 0.163. The number of aromatic nitrogens is 2. The lowest BCUT2D eigenvalue weighted by Crippen LogP contribution is -2.19. The predicted molar refractivity (Wildman–Crippen MR) is 57.8 cm³/mol. The Bertz CT molecular complexity index is 286. The molecular weight excluding hydrogens is 194 g/mol. The first-order chi connectivity index (χ1) is 7.17. The van der Waals surface area contributed by atoms with Gasteiger partial charge in [-0.1, -0.05) is 25.9 Å². The number of rotatable bonds is 6. The average Bonchev–Trinajstić information content (AvgIpc) is 2.65. The Labute approximate surface area is 89.9 Å². The minimum Gasteiger partial charge on any atom is -0.396 e. The van der Waals surface area contributed by atoms with Crippen molar-refractivity contribution >= 4 is 6.01 Å². The summed E-state index contributed by atoms with van der Waals surface area (Å²) in [4.78, 5) is 4.21. The molecule has 15 heavy (non-hydrogen) atoms. The molecule has 2 N–H and O–H groups in total. The Kier molecular flexibility index (Phi) is 4.55. The van der Waals surface area contributed by atoms with Crippen LogP contribution in [0.2, 0.25) is 0 Å². The van der Waals surface area contributed by atoms with Gasteiger partial charge in [-0.2, -0.15) is 4.98 Å². The maximum absolute atomic E-state index is 8.83. The van der Waals surface area contributed by atoms with Crippen molar-refractivity contribution in [1.29, 1.82) is 0 Å². The summed E-state index contributed by atoms with van der Waals surface area (Å²) in [5.41, 5.74) is 0. The van der Waals surface area contributed by atoms with E-state index in [4.69, 9.17) is 9.63 Å². The van der Waals surface area contributed by atoms with Crippen molar-refractivity contribution in [3.8, 4) is 0 Å². The van der Waals surface area contributed by atoms with E-state index in [9.17, 15) is 0 Å². The largest absolute Gasteiger partial charge is 0.396 e. The molecule has 0 spiro atoms. The Morgan fingerprint density at radius 1 is 1.47 bits per heavy atom. The summed E-state index contributed by atoms with van der Waals surface area (Å²) in [6, 6.07) is 0.634. The van der Waals surface area contributed by atoms with Crippen LogP contribution < -0.4 is 5.32 Å². The van der Waals surface area contributed by atoms with E-state index in [-0.39, 0.29) is 18.6 Å². The van der Waals surface area contributed by atoms with E-state index in [1.165, 1.54) is 0 Å². The number of hydrogen-bond donors (Lipinski definition) is 2. The van der Waals surface area contributed by atoms with Crippen molar-refractivity contribution in [2.45, 2.75) is 45.6 Å². The number of anilines is 1. The highest BCUT2D eigenvalue weighted by atomic mass is 16.5. The molecule has 1 aromatic heterocycles. The van der Waals surface area contributed by atoms with Crippen molar-refractivity contribution in [3.05, 3.63) is 5.82 Å². The van der Waals surface area contributed by atoms with Crippen LogP contribution in [-0.4, -0.2) is 27.9 Å². The third-order valence-electron chi connectivity index (χ3n) is 2.26. The molecule has 0 aliphatic carbocycles. The minimum atomic E-state index is 0.163. The van der Waals surface area contributed by atoms with Gasteiger partial charge in [-0.3, -0.25) is 0 Å². The zero-order valence-electron chi connectivity index (χ0n) is 9.53. The number of nitrogens with zero attached hydrogens (tertiary/aromatic N) is 2. The molecular formula is C10H19N3O2. The molecule has 1 atom stereocenters. The van der Waals surface area contributed by atoms with Crippen molar-refractivity contribution in [2.75, 3.05) is 11.9 Å². The second-order valence-corrected chi connectivity index (χ2v) is 3.87. The van der Waals surface area contributed by atoms with Crippen LogP contribution in [0.4, 0.5) is 6.01 Å². The summed E-state index contributed by atoms with van der Waals surface area (Å²) < 4.78 is 5.05. The fourth-order valence-corrected chi connectivity index (χ4v) is 1.24. The van der Waals surface area contributed by atoms with Gasteiger partial charge in [0.25, 0.3) is 0 Å². The molecule has 0 amide bonds. The van der Waals surface area contributed by atoms with Gasteiger partial charge in [0, 0.05) is 18.6 Å². The molecule has 86 valence electrons. The summed E-state index contributed by atoms with van der Waals surface area (Å²) in [6.45, 7) is 6.24. The van der Waals surface area contributed by atoms with Crippen LogP contribution in [0, 0.1) is 0 Å². The number of nitrogens with one attached hydrogen (secondary N) is 1. The van der Waals surface area contributed by atoms with Gasteiger partial charge in [0.2, 0.25) is 0 Å². The number of aliphatic hydroxyl groups excluding tert-OH is 1. The van der Waals surface area contributed by atoms with Crippen LogP contribution in [0.1, 0.15) is 45.4 Å². The highest BCUT2D eigenvalue weighted by Gasteiger charge is 2.12. The molecule has 5 heteroatoms. The van der Waals surface area contributed by atoms with E-state index < -0.39 is 0 Å². The molecule has 0 aliphatic rings. The predicted octanol–water partition coefficient (Wildman–Crippen LogP) is 1.77. The summed E-state index contributed by atoms with van der Waals surface area (Å²) in [5, 5.41) is 15.8. The standard InChI is InChI=1S/C10H19N3O2/c1-4-8(5-6-14)11-10-12-9(7(2)3)13-15-10/h7-8,14H,4-6H2,1-3H3,(H,11,12,13). The molecule has 1 rings (SSSR count). The zero-order chi connectivity index (χ0) is 11.3. The molecule has 0 bridgehead atoms. The van der Waals surface area contributed by atoms with Gasteiger partial charge in [0.15, 0.2) is 5.82 Å². The fraction of sp³-hybridized carbons (Fsp3) is 0.800. The number of hydrogen-bond acceptors (Lipinski definition) is 5. The third kappa shape index (κ3) is 3.51. The number of aliphatic hydroxyl groups is 1. The molecule has 1 aromatic rings. The quantitative estimate of drug-likeness (QED) is 0.753. The highest BCUT2D eigenvalue weighted by molar-refractivity contribution is 5.20. The van der Waals surface area contributed by atoms with Crippen LogP contribution in [0.25, 0.3) is 0 Å². The molecule has 0 aliphatic heterocycles. The molecule has 0 saturated carbocycles. The summed E-state index contributed by atoms with van der Waals surface area (Å²) in [5.74, 6) is 0.971. The van der Waals surface area contributed by atoms with Crippen LogP contribution in [-0.2, 0) is 0 Å². The van der Waals surface area contributed by atoms with Gasteiger partial charge >= 0.3 is 6.01 Å². The molecule has 0 aromatic carbocycles. The van der Waals surface area contributed by atoms with E-state index in [1.807, 2.05) is 20.8 Å². The average molecular weight is 213 g/mol. The van der Waals surface area contributed by atoms with E-state index in [1.54, 1.807) is 0 Å². The molecule has 1 heterocycles. The molecule has 0 saturated heterocycles. The lowest BCUT2D eigenvalue weighted by molar-refractivity contribution is 0.276. The van der Waals surface area contributed by atoms with Crippen molar-refractivity contribution in [3.63, 3.8) is 0 Å². The van der Waals surface area contributed by atoms with Gasteiger partial charge in [-0.05, 0) is 12.8 Å². The maximum Gasteiger partial charge on any atom is 0.321 e. The lowest BCUT2D eigenvalue weighted by atomic mass is 10.2. The Balaban J connectivity index is 2.55.